The molecule has 4 rings (SSSR count). The fraction of sp³-hybridized carbons (Fsp3) is 0. The van der Waals surface area contributed by atoms with Crippen LogP contribution in [0.25, 0.3) is 32.3 Å². The van der Waals surface area contributed by atoms with Crippen LogP contribution < -0.4 is 18.9 Å². The topological polar surface area (TPSA) is 0 Å². The first-order valence-electron chi connectivity index (χ1n) is 6.14. The summed E-state index contributed by atoms with van der Waals surface area (Å²) < 4.78 is 0. The molecule has 0 heterocycles. The normalized spacial score (nSPS) is 10.7. The van der Waals surface area contributed by atoms with Crippen LogP contribution in [-0.2, 0) is 0 Å². The SMILES string of the molecule is [Li+].[c-]1cc2ccccc2c2c1ccc1ccccc12. The molecule has 0 nitrogen and oxygen atoms in total. The molecule has 19 heavy (non-hydrogen) atoms. The Kier molecular flexibility index (Phi) is 3.07. The quantitative estimate of drug-likeness (QED) is 0.248. The van der Waals surface area contributed by atoms with Gasteiger partial charge >= 0.3 is 18.9 Å². The zero-order chi connectivity index (χ0) is 11.9. The Morgan fingerprint density at radius 3 is 2.05 bits per heavy atom. The molecule has 0 aliphatic rings. The van der Waals surface area contributed by atoms with E-state index in [2.05, 4.69) is 72.8 Å². The van der Waals surface area contributed by atoms with Crippen molar-refractivity contribution >= 4 is 32.3 Å². The standard InChI is InChI=1S/C18H11.Li/c1-3-7-16-13(5-1)9-11-15-12-10-14-6-2-4-8-17(14)18(15)16;/h1-11H;/q-1;+1. The molecule has 4 aromatic rings. The molecule has 0 radical (unpaired) electrons. The van der Waals surface area contributed by atoms with Crippen molar-refractivity contribution in [1.82, 2.24) is 0 Å². The second-order valence-corrected chi connectivity index (χ2v) is 4.59. The molecule has 0 saturated heterocycles. The molecule has 0 aliphatic heterocycles. The molecule has 0 aromatic heterocycles. The van der Waals surface area contributed by atoms with Crippen LogP contribution in [0.4, 0.5) is 0 Å². The fourth-order valence-corrected chi connectivity index (χ4v) is 2.69. The second kappa shape index (κ2) is 4.74. The molecule has 0 bridgehead atoms. The summed E-state index contributed by atoms with van der Waals surface area (Å²) in [6, 6.07) is 26.8. The summed E-state index contributed by atoms with van der Waals surface area (Å²) >= 11 is 0. The van der Waals surface area contributed by atoms with Gasteiger partial charge in [-0.05, 0) is 5.39 Å². The van der Waals surface area contributed by atoms with E-state index in [9.17, 15) is 0 Å². The Labute approximate surface area is 124 Å². The van der Waals surface area contributed by atoms with E-state index >= 15 is 0 Å². The van der Waals surface area contributed by atoms with Crippen molar-refractivity contribution in [3.8, 4) is 0 Å². The van der Waals surface area contributed by atoms with Crippen LogP contribution in [0.1, 0.15) is 0 Å². The van der Waals surface area contributed by atoms with Crippen molar-refractivity contribution < 1.29 is 18.9 Å². The maximum Gasteiger partial charge on any atom is 1.00 e. The predicted molar refractivity (Wildman–Crippen MR) is 77.8 cm³/mol. The Morgan fingerprint density at radius 2 is 1.26 bits per heavy atom. The summed E-state index contributed by atoms with van der Waals surface area (Å²) in [6.07, 6.45) is 0. The maximum absolute atomic E-state index is 3.39. The Bertz CT molecular complexity index is 807. The van der Waals surface area contributed by atoms with Crippen molar-refractivity contribution in [3.63, 3.8) is 0 Å². The molecule has 84 valence electrons. The molecule has 0 amide bonds. The summed E-state index contributed by atoms with van der Waals surface area (Å²) in [5.41, 5.74) is 0. The van der Waals surface area contributed by atoms with Gasteiger partial charge in [0, 0.05) is 0 Å². The van der Waals surface area contributed by atoms with E-state index in [0.717, 1.165) is 0 Å². The summed E-state index contributed by atoms with van der Waals surface area (Å²) in [6.45, 7) is 0. The Morgan fingerprint density at radius 1 is 0.632 bits per heavy atom. The number of benzene rings is 4. The molecule has 0 spiro atoms. The summed E-state index contributed by atoms with van der Waals surface area (Å²) in [7, 11) is 0. The number of rotatable bonds is 0. The third-order valence-electron chi connectivity index (χ3n) is 3.54. The van der Waals surface area contributed by atoms with Gasteiger partial charge in [0.15, 0.2) is 0 Å². The summed E-state index contributed by atoms with van der Waals surface area (Å²) in [5, 5.41) is 7.65. The zero-order valence-corrected chi connectivity index (χ0v) is 10.9. The van der Waals surface area contributed by atoms with Gasteiger partial charge in [0.2, 0.25) is 0 Å². The zero-order valence-electron chi connectivity index (χ0n) is 10.9. The molecule has 0 unspecified atom stereocenters. The van der Waals surface area contributed by atoms with Crippen LogP contribution in [0.5, 0.6) is 0 Å². The van der Waals surface area contributed by atoms with Gasteiger partial charge in [-0.15, -0.1) is 23.6 Å². The van der Waals surface area contributed by atoms with E-state index in [-0.39, 0.29) is 18.9 Å². The minimum absolute atomic E-state index is 0. The third-order valence-corrected chi connectivity index (χ3v) is 3.54. The molecule has 0 aliphatic carbocycles. The monoisotopic (exact) mass is 234 g/mol. The molecule has 4 aromatic carbocycles. The van der Waals surface area contributed by atoms with Crippen LogP contribution in [0.2, 0.25) is 0 Å². The van der Waals surface area contributed by atoms with Crippen LogP contribution >= 0.6 is 0 Å². The first-order valence-corrected chi connectivity index (χ1v) is 6.14. The van der Waals surface area contributed by atoms with Crippen LogP contribution in [0.3, 0.4) is 0 Å². The third kappa shape index (κ3) is 1.85. The van der Waals surface area contributed by atoms with Crippen molar-refractivity contribution in [3.05, 3.63) is 72.8 Å². The smallest absolute Gasteiger partial charge is 0.143 e. The maximum atomic E-state index is 3.39. The van der Waals surface area contributed by atoms with Crippen molar-refractivity contribution in [1.29, 1.82) is 0 Å². The first kappa shape index (κ1) is 12.3. The molecule has 0 saturated carbocycles. The Hall–Kier alpha value is -1.74. The number of fused-ring (bicyclic) bond motifs is 5. The second-order valence-electron chi connectivity index (χ2n) is 4.59. The van der Waals surface area contributed by atoms with E-state index in [4.69, 9.17) is 0 Å². The molecular formula is C18H11Li. The average molecular weight is 234 g/mol. The van der Waals surface area contributed by atoms with Crippen molar-refractivity contribution in [2.75, 3.05) is 0 Å². The van der Waals surface area contributed by atoms with Gasteiger partial charge < -0.3 is 0 Å². The van der Waals surface area contributed by atoms with Crippen molar-refractivity contribution in [2.45, 2.75) is 0 Å². The van der Waals surface area contributed by atoms with Crippen molar-refractivity contribution in [2.24, 2.45) is 0 Å². The minimum Gasteiger partial charge on any atom is -0.143 e. The predicted octanol–water partition coefficient (Wildman–Crippen LogP) is 1.95. The minimum atomic E-state index is 0. The number of hydrogen-bond acceptors (Lipinski definition) is 0. The van der Waals surface area contributed by atoms with Gasteiger partial charge in [-0.1, -0.05) is 76.1 Å². The van der Waals surface area contributed by atoms with Crippen LogP contribution in [0.15, 0.2) is 66.7 Å². The molecule has 1 heteroatoms. The fourth-order valence-electron chi connectivity index (χ4n) is 2.69. The van der Waals surface area contributed by atoms with E-state index in [1.807, 2.05) is 0 Å². The van der Waals surface area contributed by atoms with Gasteiger partial charge in [-0.25, -0.2) is 0 Å². The summed E-state index contributed by atoms with van der Waals surface area (Å²) in [4.78, 5) is 0. The van der Waals surface area contributed by atoms with E-state index in [1.54, 1.807) is 0 Å². The summed E-state index contributed by atoms with van der Waals surface area (Å²) in [5.74, 6) is 0. The first-order chi connectivity index (χ1) is 8.93. The molecule has 0 atom stereocenters. The molecular weight excluding hydrogens is 223 g/mol. The van der Waals surface area contributed by atoms with Gasteiger partial charge in [0.05, 0.1) is 0 Å². The largest absolute Gasteiger partial charge is 1.00 e. The van der Waals surface area contributed by atoms with Gasteiger partial charge in [-0.3, -0.25) is 0 Å². The average Bonchev–Trinajstić information content (AvgIpc) is 2.46. The van der Waals surface area contributed by atoms with Gasteiger partial charge in [0.25, 0.3) is 0 Å². The van der Waals surface area contributed by atoms with Crippen LogP contribution in [0, 0.1) is 6.07 Å². The molecule has 0 N–H and O–H groups in total. The van der Waals surface area contributed by atoms with Gasteiger partial charge in [-0.2, -0.15) is 0 Å². The van der Waals surface area contributed by atoms with Gasteiger partial charge in [0.1, 0.15) is 0 Å². The van der Waals surface area contributed by atoms with Crippen LogP contribution in [-0.4, -0.2) is 0 Å². The number of hydrogen-bond donors (Lipinski definition) is 0. The van der Waals surface area contributed by atoms with E-state index < -0.39 is 0 Å². The molecule has 0 fully saturated rings. The van der Waals surface area contributed by atoms with E-state index in [1.165, 1.54) is 32.3 Å². The van der Waals surface area contributed by atoms with E-state index in [0.29, 0.717) is 0 Å². The Balaban J connectivity index is 0.00000110.